The first-order valence-electron chi connectivity index (χ1n) is 10.5. The van der Waals surface area contributed by atoms with E-state index >= 15 is 0 Å². The summed E-state index contributed by atoms with van der Waals surface area (Å²) in [6.07, 6.45) is 1.85. The molecule has 31 heavy (non-hydrogen) atoms. The Hall–Kier alpha value is -3.52. The lowest BCUT2D eigenvalue weighted by Crippen LogP contribution is -2.48. The van der Waals surface area contributed by atoms with Crippen molar-refractivity contribution in [2.45, 2.75) is 32.0 Å². The summed E-state index contributed by atoms with van der Waals surface area (Å²) in [5.41, 5.74) is 20.2. The Labute approximate surface area is 180 Å². The minimum absolute atomic E-state index is 0.0105. The first kappa shape index (κ1) is 20.7. The van der Waals surface area contributed by atoms with Crippen LogP contribution in [0, 0.1) is 0 Å². The van der Waals surface area contributed by atoms with Crippen LogP contribution in [0.25, 0.3) is 0 Å². The Morgan fingerprint density at radius 2 is 1.68 bits per heavy atom. The Kier molecular flexibility index (Phi) is 5.81. The Bertz CT molecular complexity index is 1180. The molecule has 2 heterocycles. The van der Waals surface area contributed by atoms with Gasteiger partial charge in [0, 0.05) is 36.6 Å². The first-order valence-corrected chi connectivity index (χ1v) is 10.5. The molecule has 8 heteroatoms. The van der Waals surface area contributed by atoms with Crippen LogP contribution >= 0.6 is 0 Å². The molecule has 0 radical (unpaired) electrons. The lowest BCUT2D eigenvalue weighted by Gasteiger charge is -2.34. The number of benzene rings is 2. The van der Waals surface area contributed by atoms with E-state index in [1.165, 1.54) is 10.6 Å². The van der Waals surface area contributed by atoms with E-state index < -0.39 is 0 Å². The maximum Gasteiger partial charge on any atom is 0.333 e. The molecule has 0 bridgehead atoms. The van der Waals surface area contributed by atoms with Crippen molar-refractivity contribution in [2.24, 2.45) is 5.73 Å². The largest absolute Gasteiger partial charge is 0.399 e. The van der Waals surface area contributed by atoms with Crippen molar-refractivity contribution < 1.29 is 0 Å². The third kappa shape index (κ3) is 4.49. The van der Waals surface area contributed by atoms with Gasteiger partial charge < -0.3 is 22.1 Å². The van der Waals surface area contributed by atoms with Gasteiger partial charge >= 0.3 is 5.69 Å². The van der Waals surface area contributed by atoms with Crippen LogP contribution in [-0.2, 0) is 13.1 Å². The topological polar surface area (TPSA) is 125 Å². The van der Waals surface area contributed by atoms with Crippen molar-refractivity contribution in [1.82, 2.24) is 9.13 Å². The number of rotatable bonds is 5. The number of piperidine rings is 1. The molecule has 1 aromatic heterocycles. The minimum Gasteiger partial charge on any atom is -0.399 e. The van der Waals surface area contributed by atoms with Crippen molar-refractivity contribution in [1.29, 1.82) is 0 Å². The monoisotopic (exact) mass is 420 g/mol. The van der Waals surface area contributed by atoms with Gasteiger partial charge in [0.1, 0.15) is 5.82 Å². The third-order valence-corrected chi connectivity index (χ3v) is 5.74. The summed E-state index contributed by atoms with van der Waals surface area (Å²) in [7, 11) is 0. The molecule has 1 fully saturated rings. The van der Waals surface area contributed by atoms with Crippen molar-refractivity contribution >= 4 is 17.2 Å². The van der Waals surface area contributed by atoms with Crippen LogP contribution < -0.4 is 33.3 Å². The fraction of sp³-hybridized carbons (Fsp3) is 0.304. The summed E-state index contributed by atoms with van der Waals surface area (Å²) < 4.78 is 2.88. The second-order valence-corrected chi connectivity index (χ2v) is 8.08. The molecule has 162 valence electrons. The molecule has 1 aliphatic rings. The molecule has 0 unspecified atom stereocenters. The van der Waals surface area contributed by atoms with Crippen LogP contribution in [0.2, 0.25) is 0 Å². The van der Waals surface area contributed by atoms with E-state index in [1.807, 2.05) is 35.2 Å². The number of para-hydroxylation sites is 1. The van der Waals surface area contributed by atoms with Gasteiger partial charge in [-0.1, -0.05) is 30.3 Å². The molecule has 0 saturated carbocycles. The van der Waals surface area contributed by atoms with Crippen LogP contribution in [0.3, 0.4) is 0 Å². The number of hydrogen-bond donors (Lipinski definition) is 3. The SMILES string of the molecule is Nc1ccc(Cn2c(=O)cc(N3CCC[C@@H](N)C3)n(Cc3ccccc3N)c2=O)cc1. The molecule has 1 saturated heterocycles. The van der Waals surface area contributed by atoms with Crippen molar-refractivity contribution in [3.8, 4) is 0 Å². The van der Waals surface area contributed by atoms with Gasteiger partial charge in [0.25, 0.3) is 5.56 Å². The molecule has 8 nitrogen and oxygen atoms in total. The summed E-state index contributed by atoms with van der Waals surface area (Å²) >= 11 is 0. The zero-order chi connectivity index (χ0) is 22.0. The predicted octanol–water partition coefficient (Wildman–Crippen LogP) is 1.20. The van der Waals surface area contributed by atoms with Gasteiger partial charge in [-0.05, 0) is 42.2 Å². The summed E-state index contributed by atoms with van der Waals surface area (Å²) in [6, 6.07) is 16.1. The van der Waals surface area contributed by atoms with Crippen molar-refractivity contribution in [3.63, 3.8) is 0 Å². The van der Waals surface area contributed by atoms with Gasteiger partial charge in [0.05, 0.1) is 13.1 Å². The van der Waals surface area contributed by atoms with E-state index in [0.29, 0.717) is 23.7 Å². The molecule has 6 N–H and O–H groups in total. The quantitative estimate of drug-likeness (QED) is 0.533. The van der Waals surface area contributed by atoms with Crippen LogP contribution in [0.4, 0.5) is 17.2 Å². The van der Waals surface area contributed by atoms with E-state index in [9.17, 15) is 9.59 Å². The number of nitrogens with zero attached hydrogens (tertiary/aromatic N) is 3. The number of nitrogen functional groups attached to an aromatic ring is 2. The highest BCUT2D eigenvalue weighted by atomic mass is 16.2. The molecular weight excluding hydrogens is 392 g/mol. The first-order chi connectivity index (χ1) is 14.9. The normalized spacial score (nSPS) is 16.4. The fourth-order valence-corrected chi connectivity index (χ4v) is 4.03. The number of anilines is 3. The highest BCUT2D eigenvalue weighted by Crippen LogP contribution is 2.20. The maximum absolute atomic E-state index is 13.5. The smallest absolute Gasteiger partial charge is 0.333 e. The van der Waals surface area contributed by atoms with E-state index in [2.05, 4.69) is 0 Å². The van der Waals surface area contributed by atoms with Crippen molar-refractivity contribution in [2.75, 3.05) is 29.5 Å². The number of nitrogens with two attached hydrogens (primary N) is 3. The fourth-order valence-electron chi connectivity index (χ4n) is 4.03. The Morgan fingerprint density at radius 3 is 2.39 bits per heavy atom. The molecular formula is C23H28N6O2. The molecule has 0 aliphatic carbocycles. The highest BCUT2D eigenvalue weighted by Gasteiger charge is 2.22. The van der Waals surface area contributed by atoms with Crippen molar-refractivity contribution in [3.05, 3.63) is 86.6 Å². The second-order valence-electron chi connectivity index (χ2n) is 8.08. The van der Waals surface area contributed by atoms with E-state index in [1.54, 1.807) is 22.8 Å². The van der Waals surface area contributed by atoms with Gasteiger partial charge in [-0.2, -0.15) is 0 Å². The molecule has 2 aromatic carbocycles. The second kappa shape index (κ2) is 8.69. The summed E-state index contributed by atoms with van der Waals surface area (Å²) in [6.45, 7) is 1.79. The molecule has 1 aliphatic heterocycles. The lowest BCUT2D eigenvalue weighted by molar-refractivity contribution is 0.490. The van der Waals surface area contributed by atoms with E-state index in [0.717, 1.165) is 30.5 Å². The summed E-state index contributed by atoms with van der Waals surface area (Å²) in [5, 5.41) is 0. The molecule has 1 atom stereocenters. The molecule has 0 spiro atoms. The number of hydrogen-bond acceptors (Lipinski definition) is 6. The van der Waals surface area contributed by atoms with E-state index in [-0.39, 0.29) is 30.4 Å². The van der Waals surface area contributed by atoms with Gasteiger partial charge in [0.2, 0.25) is 0 Å². The summed E-state index contributed by atoms with van der Waals surface area (Å²) in [5.74, 6) is 0.585. The maximum atomic E-state index is 13.5. The third-order valence-electron chi connectivity index (χ3n) is 5.74. The van der Waals surface area contributed by atoms with Crippen LogP contribution in [0.1, 0.15) is 24.0 Å². The zero-order valence-electron chi connectivity index (χ0n) is 17.4. The van der Waals surface area contributed by atoms with Gasteiger partial charge in [0.15, 0.2) is 0 Å². The van der Waals surface area contributed by atoms with E-state index in [4.69, 9.17) is 17.2 Å². The summed E-state index contributed by atoms with van der Waals surface area (Å²) in [4.78, 5) is 28.5. The zero-order valence-corrected chi connectivity index (χ0v) is 17.4. The molecule has 3 aromatic rings. The standard InChI is InChI=1S/C23H28N6O2/c24-18-9-7-16(8-10-18)13-29-22(30)12-21(27-11-3-5-19(25)15-27)28(23(29)31)14-17-4-1-2-6-20(17)26/h1-2,4,6-10,12,19H,3,5,11,13-15,24-26H2/t19-/m1/s1. The average molecular weight is 421 g/mol. The number of aromatic nitrogens is 2. The van der Waals surface area contributed by atoms with Gasteiger partial charge in [-0.25, -0.2) is 4.79 Å². The minimum atomic E-state index is -0.373. The van der Waals surface area contributed by atoms with Crippen LogP contribution in [0.5, 0.6) is 0 Å². The van der Waals surface area contributed by atoms with Gasteiger partial charge in [-0.15, -0.1) is 0 Å². The average Bonchev–Trinajstić information content (AvgIpc) is 2.75. The molecule has 0 amide bonds. The Balaban J connectivity index is 1.81. The van der Waals surface area contributed by atoms with Crippen LogP contribution in [-0.4, -0.2) is 28.3 Å². The highest BCUT2D eigenvalue weighted by molar-refractivity contribution is 5.48. The lowest BCUT2D eigenvalue weighted by atomic mass is 10.1. The Morgan fingerprint density at radius 1 is 0.935 bits per heavy atom. The van der Waals surface area contributed by atoms with Crippen LogP contribution in [0.15, 0.2) is 64.2 Å². The predicted molar refractivity (Wildman–Crippen MR) is 124 cm³/mol. The molecule has 4 rings (SSSR count). The van der Waals surface area contributed by atoms with Gasteiger partial charge in [-0.3, -0.25) is 13.9 Å².